The summed E-state index contributed by atoms with van der Waals surface area (Å²) in [7, 11) is 0.557. The van der Waals surface area contributed by atoms with Crippen LogP contribution in [0.5, 0.6) is 0 Å². The number of nitrogens with one attached hydrogen (secondary N) is 1. The van der Waals surface area contributed by atoms with E-state index >= 15 is 0 Å². The van der Waals surface area contributed by atoms with Crippen LogP contribution in [0.1, 0.15) is 6.42 Å². The van der Waals surface area contributed by atoms with Gasteiger partial charge in [0.15, 0.2) is 0 Å². The number of nitrogen functional groups attached to an aromatic ring is 1. The Labute approximate surface area is 114 Å². The maximum absolute atomic E-state index is 12.5. The van der Waals surface area contributed by atoms with Crippen molar-refractivity contribution in [1.29, 1.82) is 0 Å². The summed E-state index contributed by atoms with van der Waals surface area (Å²) in [6.07, 6.45) is 0.870. The van der Waals surface area contributed by atoms with Gasteiger partial charge in [-0.2, -0.15) is 4.31 Å². The second kappa shape index (κ2) is 5.46. The lowest BCUT2D eigenvalue weighted by Gasteiger charge is -2.20. The molecule has 1 aromatic carbocycles. The van der Waals surface area contributed by atoms with E-state index in [2.05, 4.69) is 10.3 Å². The van der Waals surface area contributed by atoms with Crippen LogP contribution in [0.2, 0.25) is 0 Å². The third-order valence-corrected chi connectivity index (χ3v) is 5.39. The normalized spacial score (nSPS) is 20.9. The van der Waals surface area contributed by atoms with Crippen LogP contribution in [0.25, 0.3) is 0 Å². The molecule has 0 aromatic heterocycles. The predicted molar refractivity (Wildman–Crippen MR) is 75.1 cm³/mol. The van der Waals surface area contributed by atoms with Gasteiger partial charge in [0.2, 0.25) is 10.0 Å². The number of hydrogen-bond acceptors (Lipinski definition) is 5. The summed E-state index contributed by atoms with van der Waals surface area (Å²) >= 11 is 0. The zero-order valence-electron chi connectivity index (χ0n) is 11.2. The molecule has 0 bridgehead atoms. The molecule has 1 aliphatic rings. The van der Waals surface area contributed by atoms with Crippen LogP contribution >= 0.6 is 0 Å². The summed E-state index contributed by atoms with van der Waals surface area (Å²) in [5.74, 6) is 5.27. The fraction of sp³-hybridized carbons (Fsp3) is 0.500. The second-order valence-corrected chi connectivity index (χ2v) is 6.88. The molecule has 19 heavy (non-hydrogen) atoms. The molecule has 0 saturated carbocycles. The van der Waals surface area contributed by atoms with Gasteiger partial charge in [-0.3, -0.25) is 5.84 Å². The Bertz CT molecular complexity index is 527. The molecule has 3 N–H and O–H groups in total. The number of nitrogens with two attached hydrogens (primary N) is 1. The van der Waals surface area contributed by atoms with Gasteiger partial charge in [0.05, 0.1) is 4.90 Å². The van der Waals surface area contributed by atoms with Gasteiger partial charge in [-0.05, 0) is 44.8 Å². The Hall–Kier alpha value is -1.15. The van der Waals surface area contributed by atoms with E-state index in [0.29, 0.717) is 29.7 Å². The van der Waals surface area contributed by atoms with Crippen LogP contribution in [-0.4, -0.2) is 50.8 Å². The van der Waals surface area contributed by atoms with Gasteiger partial charge in [-0.15, -0.1) is 0 Å². The topological polar surface area (TPSA) is 78.7 Å². The quantitative estimate of drug-likeness (QED) is 0.614. The molecule has 0 amide bonds. The van der Waals surface area contributed by atoms with E-state index in [1.54, 1.807) is 28.6 Å². The maximum Gasteiger partial charge on any atom is 0.243 e. The molecule has 1 aliphatic heterocycles. The molecular formula is C12H20N4O2S. The lowest BCUT2D eigenvalue weighted by atomic mass is 10.2. The zero-order valence-corrected chi connectivity index (χ0v) is 12.0. The molecule has 0 aliphatic carbocycles. The fourth-order valence-corrected chi connectivity index (χ4v) is 3.71. The number of hydrogen-bond donors (Lipinski definition) is 2. The minimum Gasteiger partial charge on any atom is -0.324 e. The van der Waals surface area contributed by atoms with Crippen molar-refractivity contribution in [1.82, 2.24) is 9.21 Å². The van der Waals surface area contributed by atoms with E-state index in [1.807, 2.05) is 14.1 Å². The highest BCUT2D eigenvalue weighted by Gasteiger charge is 2.33. The number of rotatable bonds is 4. The van der Waals surface area contributed by atoms with Crippen molar-refractivity contribution in [3.05, 3.63) is 24.3 Å². The molecule has 7 heteroatoms. The standard InChI is InChI=1S/C12H20N4O2S/c1-15(2)11-7-8-16(9-11)19(17,18)12-5-3-10(14-13)4-6-12/h3-6,11,14H,7-9,13H2,1-2H3. The monoisotopic (exact) mass is 284 g/mol. The predicted octanol–water partition coefficient (Wildman–Crippen LogP) is 0.297. The molecule has 1 saturated heterocycles. The Morgan fingerprint density at radius 3 is 2.42 bits per heavy atom. The Kier molecular flexibility index (Phi) is 4.10. The smallest absolute Gasteiger partial charge is 0.243 e. The van der Waals surface area contributed by atoms with E-state index < -0.39 is 10.0 Å². The Morgan fingerprint density at radius 2 is 1.95 bits per heavy atom. The van der Waals surface area contributed by atoms with Gasteiger partial charge in [-0.1, -0.05) is 0 Å². The number of nitrogens with zero attached hydrogens (tertiary/aromatic N) is 2. The summed E-state index contributed by atoms with van der Waals surface area (Å²) in [5, 5.41) is 0. The number of likely N-dealkylation sites (N-methyl/N-ethyl adjacent to an activating group) is 1. The van der Waals surface area contributed by atoms with Gasteiger partial charge in [0.1, 0.15) is 0 Å². The summed E-state index contributed by atoms with van der Waals surface area (Å²) in [4.78, 5) is 2.38. The van der Waals surface area contributed by atoms with E-state index in [0.717, 1.165) is 6.42 Å². The minimum atomic E-state index is -3.39. The van der Waals surface area contributed by atoms with Crippen LogP contribution < -0.4 is 11.3 Å². The number of anilines is 1. The van der Waals surface area contributed by atoms with Crippen molar-refractivity contribution in [2.24, 2.45) is 5.84 Å². The van der Waals surface area contributed by atoms with Crippen molar-refractivity contribution >= 4 is 15.7 Å². The lowest BCUT2D eigenvalue weighted by molar-refractivity contribution is 0.302. The van der Waals surface area contributed by atoms with Crippen molar-refractivity contribution in [2.75, 3.05) is 32.6 Å². The maximum atomic E-state index is 12.5. The first-order chi connectivity index (χ1) is 8.95. The minimum absolute atomic E-state index is 0.291. The van der Waals surface area contributed by atoms with E-state index in [-0.39, 0.29) is 0 Å². The first-order valence-corrected chi connectivity index (χ1v) is 7.62. The van der Waals surface area contributed by atoms with Crippen LogP contribution in [0.15, 0.2) is 29.2 Å². The summed E-state index contributed by atoms with van der Waals surface area (Å²) in [5.41, 5.74) is 3.17. The van der Waals surface area contributed by atoms with Gasteiger partial charge in [0, 0.05) is 24.8 Å². The third kappa shape index (κ3) is 2.89. The summed E-state index contributed by atoms with van der Waals surface area (Å²) in [6.45, 7) is 1.12. The van der Waals surface area contributed by atoms with Crippen molar-refractivity contribution < 1.29 is 8.42 Å². The fourth-order valence-electron chi connectivity index (χ4n) is 2.22. The van der Waals surface area contributed by atoms with Crippen molar-refractivity contribution in [2.45, 2.75) is 17.4 Å². The molecule has 106 valence electrons. The van der Waals surface area contributed by atoms with Crippen LogP contribution in [0.3, 0.4) is 0 Å². The SMILES string of the molecule is CN(C)C1CCN(S(=O)(=O)c2ccc(NN)cc2)C1. The van der Waals surface area contributed by atoms with Gasteiger partial charge in [-0.25, -0.2) is 8.42 Å². The number of benzene rings is 1. The largest absolute Gasteiger partial charge is 0.324 e. The average Bonchev–Trinajstić information content (AvgIpc) is 2.89. The summed E-state index contributed by atoms with van der Waals surface area (Å²) in [6, 6.07) is 6.76. The molecule has 1 aromatic rings. The second-order valence-electron chi connectivity index (χ2n) is 4.94. The zero-order chi connectivity index (χ0) is 14.0. The molecule has 0 spiro atoms. The van der Waals surface area contributed by atoms with Crippen LogP contribution in [0.4, 0.5) is 5.69 Å². The van der Waals surface area contributed by atoms with Crippen molar-refractivity contribution in [3.63, 3.8) is 0 Å². The molecule has 2 rings (SSSR count). The van der Waals surface area contributed by atoms with Gasteiger partial charge in [0.25, 0.3) is 0 Å². The number of sulfonamides is 1. The highest BCUT2D eigenvalue weighted by Crippen LogP contribution is 2.23. The Balaban J connectivity index is 2.18. The van der Waals surface area contributed by atoms with Crippen LogP contribution in [0, 0.1) is 0 Å². The third-order valence-electron chi connectivity index (χ3n) is 3.52. The first kappa shape index (κ1) is 14.3. The average molecular weight is 284 g/mol. The van der Waals surface area contributed by atoms with E-state index in [4.69, 9.17) is 5.84 Å². The molecule has 0 radical (unpaired) electrons. The van der Waals surface area contributed by atoms with Crippen LogP contribution in [-0.2, 0) is 10.0 Å². The summed E-state index contributed by atoms with van der Waals surface area (Å²) < 4.78 is 26.5. The highest BCUT2D eigenvalue weighted by atomic mass is 32.2. The molecular weight excluding hydrogens is 264 g/mol. The number of hydrazine groups is 1. The van der Waals surface area contributed by atoms with Crippen molar-refractivity contribution in [3.8, 4) is 0 Å². The van der Waals surface area contributed by atoms with E-state index in [1.165, 1.54) is 0 Å². The first-order valence-electron chi connectivity index (χ1n) is 6.18. The highest BCUT2D eigenvalue weighted by molar-refractivity contribution is 7.89. The molecule has 1 atom stereocenters. The molecule has 1 fully saturated rings. The Morgan fingerprint density at radius 1 is 1.32 bits per heavy atom. The molecule has 1 heterocycles. The molecule has 6 nitrogen and oxygen atoms in total. The lowest BCUT2D eigenvalue weighted by Crippen LogP contribution is -2.34. The van der Waals surface area contributed by atoms with E-state index in [9.17, 15) is 8.42 Å². The van der Waals surface area contributed by atoms with Gasteiger partial charge < -0.3 is 10.3 Å². The van der Waals surface area contributed by atoms with Gasteiger partial charge >= 0.3 is 0 Å². The molecule has 1 unspecified atom stereocenters.